The van der Waals surface area contributed by atoms with E-state index >= 15 is 0 Å². The minimum Gasteiger partial charge on any atom is -0.481 e. The van der Waals surface area contributed by atoms with Crippen molar-refractivity contribution < 1.29 is 14.7 Å². The summed E-state index contributed by atoms with van der Waals surface area (Å²) in [6.07, 6.45) is 4.93. The number of carbonyl (C=O) groups is 2. The Hall–Kier alpha value is -1.69. The fraction of sp³-hybridized carbons (Fsp3) is 0.650. The summed E-state index contributed by atoms with van der Waals surface area (Å²) in [6.45, 7) is 6.32. The molecule has 26 heavy (non-hydrogen) atoms. The van der Waals surface area contributed by atoms with Crippen molar-refractivity contribution >= 4 is 28.3 Å². The second kappa shape index (κ2) is 6.48. The molecule has 3 aliphatic carbocycles. The molecule has 2 fully saturated rings. The van der Waals surface area contributed by atoms with Crippen LogP contribution in [0.1, 0.15) is 50.6 Å². The van der Waals surface area contributed by atoms with Crippen LogP contribution in [-0.4, -0.2) is 22.0 Å². The number of rotatable bonds is 3. The Kier molecular flexibility index (Phi) is 4.41. The predicted octanol–water partition coefficient (Wildman–Crippen LogP) is 3.90. The van der Waals surface area contributed by atoms with Gasteiger partial charge in [0.15, 0.2) is 5.13 Å². The number of aromatic nitrogens is 1. The Labute approximate surface area is 157 Å². The van der Waals surface area contributed by atoms with Crippen molar-refractivity contribution in [3.05, 3.63) is 21.7 Å². The number of amides is 1. The van der Waals surface area contributed by atoms with Crippen LogP contribution in [0.3, 0.4) is 0 Å². The van der Waals surface area contributed by atoms with Gasteiger partial charge in [-0.05, 0) is 63.7 Å². The molecule has 2 N–H and O–H groups in total. The topological polar surface area (TPSA) is 79.3 Å². The number of fused-ring (bicyclic) bond motifs is 3. The zero-order chi connectivity index (χ0) is 18.6. The Morgan fingerprint density at radius 1 is 1.15 bits per heavy atom. The SMILES string of the molecule is CC(C)=C1[C@H]2CC[C@@H]1[C@@H](C(=O)O)[C@@H]2C(=O)Nc1nc2c(s1)C[C@@H](C)CC2. The van der Waals surface area contributed by atoms with Crippen molar-refractivity contribution in [1.29, 1.82) is 0 Å². The summed E-state index contributed by atoms with van der Waals surface area (Å²) in [4.78, 5) is 30.8. The van der Waals surface area contributed by atoms with Crippen LogP contribution < -0.4 is 5.32 Å². The maximum Gasteiger partial charge on any atom is 0.307 e. The molecule has 1 aromatic heterocycles. The number of carbonyl (C=O) groups excluding carboxylic acids is 1. The maximum absolute atomic E-state index is 13.0. The number of thiazole rings is 1. The van der Waals surface area contributed by atoms with Gasteiger partial charge in [-0.2, -0.15) is 0 Å². The molecular formula is C20H26N2O3S. The lowest BCUT2D eigenvalue weighted by Gasteiger charge is -2.25. The molecule has 1 heterocycles. The quantitative estimate of drug-likeness (QED) is 0.787. The Bertz CT molecular complexity index is 793. The number of hydrogen-bond donors (Lipinski definition) is 2. The van der Waals surface area contributed by atoms with Gasteiger partial charge in [-0.1, -0.05) is 18.1 Å². The standard InChI is InChI=1S/C20H26N2O3S/c1-9(2)15-11-5-6-12(15)17(19(24)25)16(11)18(23)22-20-21-13-7-4-10(3)8-14(13)26-20/h10-12,16-17H,4-8H2,1-3H3,(H,24,25)(H,21,22,23)/t10-,11+,12-,16+,17+/m0/s1. The summed E-state index contributed by atoms with van der Waals surface area (Å²) in [5.74, 6) is -1.34. The van der Waals surface area contributed by atoms with Crippen molar-refractivity contribution in [2.24, 2.45) is 29.6 Å². The van der Waals surface area contributed by atoms with Crippen LogP contribution in [-0.2, 0) is 22.4 Å². The average molecular weight is 375 g/mol. The third kappa shape index (κ3) is 2.79. The number of aliphatic carboxylic acids is 1. The van der Waals surface area contributed by atoms with Gasteiger partial charge in [-0.3, -0.25) is 9.59 Å². The summed E-state index contributed by atoms with van der Waals surface area (Å²) in [6, 6.07) is 0. The number of nitrogens with one attached hydrogen (secondary N) is 1. The first-order chi connectivity index (χ1) is 12.4. The van der Waals surface area contributed by atoms with E-state index in [9.17, 15) is 14.7 Å². The third-order valence-corrected chi connectivity index (χ3v) is 7.46. The first-order valence-corrected chi connectivity index (χ1v) is 10.4. The number of nitrogens with zero attached hydrogens (tertiary/aromatic N) is 1. The van der Waals surface area contributed by atoms with Crippen LogP contribution in [0.5, 0.6) is 0 Å². The zero-order valence-corrected chi connectivity index (χ0v) is 16.4. The molecule has 0 aromatic carbocycles. The summed E-state index contributed by atoms with van der Waals surface area (Å²) >= 11 is 1.56. The fourth-order valence-corrected chi connectivity index (χ4v) is 6.56. The highest BCUT2D eigenvalue weighted by atomic mass is 32.1. The fourth-order valence-electron chi connectivity index (χ4n) is 5.39. The van der Waals surface area contributed by atoms with Gasteiger partial charge in [0.25, 0.3) is 0 Å². The zero-order valence-electron chi connectivity index (χ0n) is 15.5. The van der Waals surface area contributed by atoms with E-state index in [-0.39, 0.29) is 17.7 Å². The van der Waals surface area contributed by atoms with E-state index < -0.39 is 17.8 Å². The van der Waals surface area contributed by atoms with E-state index in [4.69, 9.17) is 0 Å². The Morgan fingerprint density at radius 2 is 1.85 bits per heavy atom. The van der Waals surface area contributed by atoms with Crippen LogP contribution in [0.25, 0.3) is 0 Å². The van der Waals surface area contributed by atoms with E-state index in [1.54, 1.807) is 11.3 Å². The lowest BCUT2D eigenvalue weighted by atomic mass is 9.79. The lowest BCUT2D eigenvalue weighted by molar-refractivity contribution is -0.148. The van der Waals surface area contributed by atoms with Crippen LogP contribution in [0.4, 0.5) is 5.13 Å². The van der Waals surface area contributed by atoms with Crippen LogP contribution in [0, 0.1) is 29.6 Å². The third-order valence-electron chi connectivity index (χ3n) is 6.42. The molecule has 3 aliphatic rings. The molecule has 2 saturated carbocycles. The van der Waals surface area contributed by atoms with Crippen molar-refractivity contribution in [2.75, 3.05) is 5.32 Å². The van der Waals surface area contributed by atoms with Crippen LogP contribution in [0.15, 0.2) is 11.1 Å². The first kappa shape index (κ1) is 17.7. The monoisotopic (exact) mass is 374 g/mol. The number of aryl methyl sites for hydroxylation is 1. The average Bonchev–Trinajstić information content (AvgIpc) is 3.23. The van der Waals surface area contributed by atoms with Crippen LogP contribution >= 0.6 is 11.3 Å². The first-order valence-electron chi connectivity index (χ1n) is 9.56. The number of anilines is 1. The van der Waals surface area contributed by atoms with Crippen molar-refractivity contribution in [3.8, 4) is 0 Å². The summed E-state index contributed by atoms with van der Waals surface area (Å²) in [7, 11) is 0. The summed E-state index contributed by atoms with van der Waals surface area (Å²) in [5.41, 5.74) is 3.50. The van der Waals surface area contributed by atoms with E-state index in [0.29, 0.717) is 11.0 Å². The van der Waals surface area contributed by atoms with Gasteiger partial charge >= 0.3 is 5.97 Å². The number of carboxylic acid groups (broad SMARTS) is 1. The van der Waals surface area contributed by atoms with Crippen LogP contribution in [0.2, 0.25) is 0 Å². The van der Waals surface area contributed by atoms with E-state index in [1.165, 1.54) is 16.0 Å². The molecule has 4 rings (SSSR count). The summed E-state index contributed by atoms with van der Waals surface area (Å²) < 4.78 is 0. The van der Waals surface area contributed by atoms with Crippen molar-refractivity contribution in [3.63, 3.8) is 0 Å². The molecule has 1 amide bonds. The normalized spacial score (nSPS) is 32.4. The van der Waals surface area contributed by atoms with Crippen molar-refractivity contribution in [1.82, 2.24) is 4.98 Å². The highest BCUT2D eigenvalue weighted by molar-refractivity contribution is 7.15. The van der Waals surface area contributed by atoms with Crippen molar-refractivity contribution in [2.45, 2.75) is 52.9 Å². The molecule has 6 heteroatoms. The maximum atomic E-state index is 13.0. The van der Waals surface area contributed by atoms with Gasteiger partial charge in [-0.25, -0.2) is 4.98 Å². The number of carboxylic acids is 1. The largest absolute Gasteiger partial charge is 0.481 e. The Morgan fingerprint density at radius 3 is 2.50 bits per heavy atom. The molecule has 5 nitrogen and oxygen atoms in total. The molecule has 140 valence electrons. The molecular weight excluding hydrogens is 348 g/mol. The van der Waals surface area contributed by atoms with E-state index in [0.717, 1.165) is 37.8 Å². The lowest BCUT2D eigenvalue weighted by Crippen LogP contribution is -2.37. The predicted molar refractivity (Wildman–Crippen MR) is 101 cm³/mol. The van der Waals surface area contributed by atoms with Gasteiger partial charge in [-0.15, -0.1) is 11.3 Å². The molecule has 5 atom stereocenters. The molecule has 0 radical (unpaired) electrons. The molecule has 1 aromatic rings. The Balaban J connectivity index is 1.58. The second-order valence-corrected chi connectivity index (χ2v) is 9.45. The van der Waals surface area contributed by atoms with E-state index in [1.807, 2.05) is 13.8 Å². The molecule has 0 unspecified atom stereocenters. The minimum atomic E-state index is -0.844. The number of allylic oxidation sites excluding steroid dienone is 2. The highest BCUT2D eigenvalue weighted by Gasteiger charge is 2.57. The van der Waals surface area contributed by atoms with Gasteiger partial charge in [0.2, 0.25) is 5.91 Å². The number of hydrogen-bond acceptors (Lipinski definition) is 4. The van der Waals surface area contributed by atoms with Gasteiger partial charge < -0.3 is 10.4 Å². The molecule has 2 bridgehead atoms. The summed E-state index contributed by atoms with van der Waals surface area (Å²) in [5, 5.41) is 13.4. The highest BCUT2D eigenvalue weighted by Crippen LogP contribution is 2.57. The van der Waals surface area contributed by atoms with Gasteiger partial charge in [0.05, 0.1) is 17.5 Å². The smallest absolute Gasteiger partial charge is 0.307 e. The second-order valence-electron chi connectivity index (χ2n) is 8.36. The molecule has 0 aliphatic heterocycles. The van der Waals surface area contributed by atoms with Gasteiger partial charge in [0, 0.05) is 4.88 Å². The molecule has 0 saturated heterocycles. The minimum absolute atomic E-state index is 0.0172. The molecule has 0 spiro atoms. The van der Waals surface area contributed by atoms with E-state index in [2.05, 4.69) is 17.2 Å². The van der Waals surface area contributed by atoms with Gasteiger partial charge in [0.1, 0.15) is 0 Å².